The Bertz CT molecular complexity index is 1160. The van der Waals surface area contributed by atoms with Crippen LogP contribution in [0.2, 0.25) is 0 Å². The van der Waals surface area contributed by atoms with E-state index in [4.69, 9.17) is 4.98 Å². The van der Waals surface area contributed by atoms with Crippen LogP contribution >= 0.6 is 0 Å². The summed E-state index contributed by atoms with van der Waals surface area (Å²) in [6.07, 6.45) is 17.1. The van der Waals surface area contributed by atoms with Crippen molar-refractivity contribution in [1.82, 2.24) is 25.5 Å². The SMILES string of the molecule is CNCCNCCCN(c1nc2cc(F)c(F)cc2[nH]1)[C@@H]1CC[C@]2(C3C=C(CN4CCCC4)C=CC3)CC2C1. The second-order valence-electron chi connectivity index (χ2n) is 12.3. The molecule has 4 atom stereocenters. The molecule has 6 rings (SSSR count). The fourth-order valence-corrected chi connectivity index (χ4v) is 7.58. The second-order valence-corrected chi connectivity index (χ2v) is 12.3. The van der Waals surface area contributed by atoms with Crippen LogP contribution in [0.5, 0.6) is 0 Å². The van der Waals surface area contributed by atoms with Crippen molar-refractivity contribution < 1.29 is 8.78 Å². The first-order valence-corrected chi connectivity index (χ1v) is 15.1. The molecule has 0 spiro atoms. The van der Waals surface area contributed by atoms with Crippen LogP contribution in [-0.4, -0.2) is 73.8 Å². The Morgan fingerprint density at radius 3 is 2.82 bits per heavy atom. The number of anilines is 1. The van der Waals surface area contributed by atoms with Gasteiger partial charge in [-0.15, -0.1) is 0 Å². The van der Waals surface area contributed by atoms with Crippen molar-refractivity contribution in [2.24, 2.45) is 17.3 Å². The van der Waals surface area contributed by atoms with E-state index in [0.717, 1.165) is 57.4 Å². The van der Waals surface area contributed by atoms with Gasteiger partial charge >= 0.3 is 0 Å². The lowest BCUT2D eigenvalue weighted by atomic mass is 9.73. The quantitative estimate of drug-likeness (QED) is 0.332. The first-order chi connectivity index (χ1) is 19.1. The average molecular weight is 539 g/mol. The van der Waals surface area contributed by atoms with E-state index < -0.39 is 11.6 Å². The number of benzene rings is 1. The molecule has 0 amide bonds. The van der Waals surface area contributed by atoms with E-state index in [1.807, 2.05) is 7.05 Å². The smallest absolute Gasteiger partial charge is 0.204 e. The number of likely N-dealkylation sites (N-methyl/N-ethyl adjacent to an activating group) is 1. The van der Waals surface area contributed by atoms with Crippen LogP contribution in [-0.2, 0) is 0 Å². The van der Waals surface area contributed by atoms with Gasteiger partial charge in [0.15, 0.2) is 11.6 Å². The predicted octanol–water partition coefficient (Wildman–Crippen LogP) is 5.00. The van der Waals surface area contributed by atoms with Gasteiger partial charge in [-0.05, 0) is 101 Å². The zero-order valence-corrected chi connectivity index (χ0v) is 23.3. The molecule has 39 heavy (non-hydrogen) atoms. The molecule has 8 heteroatoms. The zero-order valence-electron chi connectivity index (χ0n) is 23.3. The maximum Gasteiger partial charge on any atom is 0.204 e. The average Bonchev–Trinajstić information content (AvgIpc) is 3.20. The van der Waals surface area contributed by atoms with E-state index in [9.17, 15) is 8.78 Å². The number of fused-ring (bicyclic) bond motifs is 2. The summed E-state index contributed by atoms with van der Waals surface area (Å²) in [5.74, 6) is 0.467. The molecule has 1 saturated heterocycles. The third kappa shape index (κ3) is 5.79. The zero-order chi connectivity index (χ0) is 26.8. The largest absolute Gasteiger partial charge is 0.339 e. The van der Waals surface area contributed by atoms with Crippen molar-refractivity contribution in [2.75, 3.05) is 57.8 Å². The van der Waals surface area contributed by atoms with Gasteiger partial charge in [0.05, 0.1) is 11.0 Å². The van der Waals surface area contributed by atoms with E-state index in [-0.39, 0.29) is 0 Å². The highest BCUT2D eigenvalue weighted by Gasteiger charge is 2.60. The van der Waals surface area contributed by atoms with Crippen LogP contribution in [0.3, 0.4) is 0 Å². The monoisotopic (exact) mass is 538 g/mol. The number of aromatic amines is 1. The fourth-order valence-electron chi connectivity index (χ4n) is 7.58. The summed E-state index contributed by atoms with van der Waals surface area (Å²) in [5, 5.41) is 6.67. The molecular formula is C31H44F2N6. The highest BCUT2D eigenvalue weighted by Crippen LogP contribution is 2.67. The number of H-pyrrole nitrogens is 1. The lowest BCUT2D eigenvalue weighted by Crippen LogP contribution is -2.42. The summed E-state index contributed by atoms with van der Waals surface area (Å²) < 4.78 is 27.8. The number of hydrogen-bond donors (Lipinski definition) is 3. The molecule has 3 aliphatic carbocycles. The normalized spacial score (nSPS) is 28.6. The van der Waals surface area contributed by atoms with E-state index in [1.165, 1.54) is 69.3 Å². The van der Waals surface area contributed by atoms with Gasteiger partial charge < -0.3 is 20.5 Å². The number of imidazole rings is 1. The number of aromatic nitrogens is 2. The summed E-state index contributed by atoms with van der Waals surface area (Å²) in [6.45, 7) is 7.28. The lowest BCUT2D eigenvalue weighted by molar-refractivity contribution is 0.235. The molecule has 6 nitrogen and oxygen atoms in total. The molecule has 2 aromatic rings. The number of rotatable bonds is 12. The minimum absolute atomic E-state index is 0.394. The molecule has 2 saturated carbocycles. The summed E-state index contributed by atoms with van der Waals surface area (Å²) in [4.78, 5) is 13.1. The Balaban J connectivity index is 1.14. The molecule has 2 unspecified atom stereocenters. The Hall–Kier alpha value is -2.29. The summed E-state index contributed by atoms with van der Waals surface area (Å²) >= 11 is 0. The first-order valence-electron chi connectivity index (χ1n) is 15.1. The van der Waals surface area contributed by atoms with Crippen LogP contribution in [0, 0.1) is 28.9 Å². The molecular weight excluding hydrogens is 494 g/mol. The minimum atomic E-state index is -0.847. The topological polar surface area (TPSA) is 59.2 Å². The van der Waals surface area contributed by atoms with Gasteiger partial charge in [0.25, 0.3) is 0 Å². The standard InChI is InChI=1S/C31H44F2N6/c1-34-11-12-35-10-5-15-39(30-36-28-18-26(32)27(33)19-29(28)37-30)25-8-9-31(20-24(31)17-25)23-7-4-6-22(16-23)21-38-13-2-3-14-38/h4,6,16,18-19,23-25,34-35H,2-3,5,7-15,17,20-21H2,1H3,(H,36,37)/t23?,24?,25-,31-/m1/s1. The van der Waals surface area contributed by atoms with Gasteiger partial charge in [0.1, 0.15) is 0 Å². The molecule has 1 aromatic heterocycles. The van der Waals surface area contributed by atoms with Crippen molar-refractivity contribution in [3.05, 3.63) is 47.6 Å². The van der Waals surface area contributed by atoms with Crippen LogP contribution in [0.1, 0.15) is 51.4 Å². The Labute approximate surface area is 231 Å². The van der Waals surface area contributed by atoms with Gasteiger partial charge in [-0.25, -0.2) is 13.8 Å². The molecule has 212 valence electrons. The maximum absolute atomic E-state index is 13.9. The van der Waals surface area contributed by atoms with Gasteiger partial charge in [-0.2, -0.15) is 0 Å². The second kappa shape index (κ2) is 11.7. The molecule has 3 fully saturated rings. The lowest BCUT2D eigenvalue weighted by Gasteiger charge is -2.39. The fraction of sp³-hybridized carbons (Fsp3) is 0.645. The Kier molecular flexibility index (Phi) is 8.05. The van der Waals surface area contributed by atoms with E-state index in [0.29, 0.717) is 28.4 Å². The van der Waals surface area contributed by atoms with Crippen molar-refractivity contribution in [1.29, 1.82) is 0 Å². The van der Waals surface area contributed by atoms with Crippen LogP contribution < -0.4 is 15.5 Å². The minimum Gasteiger partial charge on any atom is -0.339 e. The van der Waals surface area contributed by atoms with Gasteiger partial charge in [0, 0.05) is 44.4 Å². The first kappa shape index (κ1) is 26.9. The summed E-state index contributed by atoms with van der Waals surface area (Å²) in [7, 11) is 1.96. The van der Waals surface area contributed by atoms with E-state index >= 15 is 0 Å². The highest BCUT2D eigenvalue weighted by molar-refractivity contribution is 5.77. The van der Waals surface area contributed by atoms with Gasteiger partial charge in [-0.3, -0.25) is 4.90 Å². The van der Waals surface area contributed by atoms with Gasteiger partial charge in [0.2, 0.25) is 5.95 Å². The van der Waals surface area contributed by atoms with Crippen molar-refractivity contribution in [2.45, 2.75) is 57.4 Å². The van der Waals surface area contributed by atoms with Crippen molar-refractivity contribution in [3.8, 4) is 0 Å². The summed E-state index contributed by atoms with van der Waals surface area (Å²) in [5.41, 5.74) is 3.02. The Morgan fingerprint density at radius 1 is 1.15 bits per heavy atom. The number of likely N-dealkylation sites (tertiary alicyclic amines) is 1. The molecule has 1 aliphatic heterocycles. The van der Waals surface area contributed by atoms with E-state index in [1.54, 1.807) is 0 Å². The predicted molar refractivity (Wildman–Crippen MR) is 154 cm³/mol. The number of halogens is 2. The van der Waals surface area contributed by atoms with E-state index in [2.05, 4.69) is 43.6 Å². The third-order valence-electron chi connectivity index (χ3n) is 9.79. The van der Waals surface area contributed by atoms with Crippen molar-refractivity contribution in [3.63, 3.8) is 0 Å². The van der Waals surface area contributed by atoms with Crippen LogP contribution in [0.25, 0.3) is 11.0 Å². The number of allylic oxidation sites excluding steroid dienone is 2. The molecule has 4 aliphatic rings. The molecule has 1 aromatic carbocycles. The number of hydrogen-bond acceptors (Lipinski definition) is 5. The summed E-state index contributed by atoms with van der Waals surface area (Å²) in [6, 6.07) is 2.83. The number of nitrogens with one attached hydrogen (secondary N) is 3. The molecule has 0 bridgehead atoms. The highest BCUT2D eigenvalue weighted by atomic mass is 19.2. The number of nitrogens with zero attached hydrogens (tertiary/aromatic N) is 3. The molecule has 3 N–H and O–H groups in total. The maximum atomic E-state index is 13.9. The van der Waals surface area contributed by atoms with Crippen molar-refractivity contribution >= 4 is 17.0 Å². The van der Waals surface area contributed by atoms with Crippen LogP contribution in [0.4, 0.5) is 14.7 Å². The van der Waals surface area contributed by atoms with Gasteiger partial charge in [-0.1, -0.05) is 18.2 Å². The van der Waals surface area contributed by atoms with Crippen LogP contribution in [0.15, 0.2) is 35.9 Å². The Morgan fingerprint density at radius 2 is 2.00 bits per heavy atom. The third-order valence-corrected chi connectivity index (χ3v) is 9.79. The molecule has 0 radical (unpaired) electrons. The molecule has 2 heterocycles.